The monoisotopic (exact) mass is 380 g/mol. The molecule has 0 radical (unpaired) electrons. The Morgan fingerprint density at radius 1 is 1.04 bits per heavy atom. The highest BCUT2D eigenvalue weighted by Crippen LogP contribution is 2.21. The van der Waals surface area contributed by atoms with E-state index in [1.807, 2.05) is 48.5 Å². The molecule has 140 valence electrons. The fraction of sp³-hybridized carbons (Fsp3) is 0.238. The molecule has 5 nitrogen and oxygen atoms in total. The zero-order valence-electron chi connectivity index (χ0n) is 15.4. The summed E-state index contributed by atoms with van der Waals surface area (Å²) in [7, 11) is 1.77. The van der Waals surface area contributed by atoms with Gasteiger partial charge in [0.05, 0.1) is 18.8 Å². The van der Waals surface area contributed by atoms with Crippen LogP contribution < -0.4 is 15.4 Å². The highest BCUT2D eigenvalue weighted by molar-refractivity contribution is 7.09. The first kappa shape index (κ1) is 18.9. The van der Waals surface area contributed by atoms with Crippen molar-refractivity contribution >= 4 is 17.3 Å². The third kappa shape index (κ3) is 6.11. The van der Waals surface area contributed by atoms with E-state index in [0.29, 0.717) is 13.2 Å². The fourth-order valence-corrected chi connectivity index (χ4v) is 3.24. The number of thiazole rings is 1. The SMILES string of the molecule is CN=C(NCCCOc1ccccc1)NCc1nc(-c2ccccc2)cs1. The first-order chi connectivity index (χ1) is 13.3. The molecule has 0 amide bonds. The highest BCUT2D eigenvalue weighted by Gasteiger charge is 2.05. The van der Waals surface area contributed by atoms with E-state index in [4.69, 9.17) is 4.74 Å². The lowest BCUT2D eigenvalue weighted by molar-refractivity contribution is 0.311. The number of hydrogen-bond donors (Lipinski definition) is 2. The molecule has 0 atom stereocenters. The Balaban J connectivity index is 1.37. The second kappa shape index (κ2) is 10.3. The molecular formula is C21H24N4OS. The number of ether oxygens (including phenoxy) is 1. The van der Waals surface area contributed by atoms with E-state index in [1.54, 1.807) is 18.4 Å². The molecule has 2 aromatic carbocycles. The number of nitrogens with one attached hydrogen (secondary N) is 2. The minimum atomic E-state index is 0.650. The van der Waals surface area contributed by atoms with Crippen LogP contribution in [0.3, 0.4) is 0 Å². The van der Waals surface area contributed by atoms with Crippen LogP contribution >= 0.6 is 11.3 Å². The third-order valence-corrected chi connectivity index (χ3v) is 4.73. The van der Waals surface area contributed by atoms with Gasteiger partial charge in [0.2, 0.25) is 0 Å². The van der Waals surface area contributed by atoms with E-state index >= 15 is 0 Å². The second-order valence-corrected chi connectivity index (χ2v) is 6.80. The first-order valence-electron chi connectivity index (χ1n) is 8.97. The molecule has 3 rings (SSSR count). The van der Waals surface area contributed by atoms with Crippen molar-refractivity contribution in [3.8, 4) is 17.0 Å². The Morgan fingerprint density at radius 3 is 2.52 bits per heavy atom. The second-order valence-electron chi connectivity index (χ2n) is 5.86. The van der Waals surface area contributed by atoms with Gasteiger partial charge in [-0.3, -0.25) is 4.99 Å². The summed E-state index contributed by atoms with van der Waals surface area (Å²) in [5, 5.41) is 9.72. The van der Waals surface area contributed by atoms with Gasteiger partial charge in [0.1, 0.15) is 10.8 Å². The lowest BCUT2D eigenvalue weighted by Gasteiger charge is -2.11. The van der Waals surface area contributed by atoms with Crippen molar-refractivity contribution in [3.05, 3.63) is 71.1 Å². The van der Waals surface area contributed by atoms with Crippen LogP contribution in [0.2, 0.25) is 0 Å². The number of guanidine groups is 1. The van der Waals surface area contributed by atoms with Crippen LogP contribution in [0.1, 0.15) is 11.4 Å². The van der Waals surface area contributed by atoms with Gasteiger partial charge in [-0.25, -0.2) is 4.98 Å². The summed E-state index contributed by atoms with van der Waals surface area (Å²) in [5.74, 6) is 1.67. The van der Waals surface area contributed by atoms with Gasteiger partial charge in [-0.05, 0) is 18.6 Å². The topological polar surface area (TPSA) is 58.5 Å². The first-order valence-corrected chi connectivity index (χ1v) is 9.85. The summed E-state index contributed by atoms with van der Waals surface area (Å²) < 4.78 is 5.69. The van der Waals surface area contributed by atoms with Crippen LogP contribution in [-0.4, -0.2) is 31.1 Å². The molecule has 0 aliphatic rings. The molecule has 1 heterocycles. The van der Waals surface area contributed by atoms with E-state index in [1.165, 1.54) is 0 Å². The van der Waals surface area contributed by atoms with Crippen LogP contribution in [0.15, 0.2) is 71.0 Å². The summed E-state index contributed by atoms with van der Waals surface area (Å²) in [4.78, 5) is 8.94. The van der Waals surface area contributed by atoms with Gasteiger partial charge in [0.15, 0.2) is 5.96 Å². The lowest BCUT2D eigenvalue weighted by Crippen LogP contribution is -2.37. The maximum absolute atomic E-state index is 5.69. The summed E-state index contributed by atoms with van der Waals surface area (Å²) in [6.07, 6.45) is 0.894. The van der Waals surface area contributed by atoms with Gasteiger partial charge < -0.3 is 15.4 Å². The Kier molecular flexibility index (Phi) is 7.24. The molecule has 0 saturated heterocycles. The van der Waals surface area contributed by atoms with E-state index in [-0.39, 0.29) is 0 Å². The Labute approximate surface area is 164 Å². The van der Waals surface area contributed by atoms with Crippen molar-refractivity contribution < 1.29 is 4.74 Å². The molecule has 0 fully saturated rings. The van der Waals surface area contributed by atoms with E-state index in [2.05, 4.69) is 38.1 Å². The molecule has 3 aromatic rings. The van der Waals surface area contributed by atoms with Crippen molar-refractivity contribution in [1.82, 2.24) is 15.6 Å². The van der Waals surface area contributed by atoms with Crippen LogP contribution in [0.5, 0.6) is 5.75 Å². The Hall–Kier alpha value is -2.86. The molecule has 0 aliphatic carbocycles. The molecule has 0 saturated carbocycles. The van der Waals surface area contributed by atoms with Crippen molar-refractivity contribution in [1.29, 1.82) is 0 Å². The molecule has 0 aliphatic heterocycles. The van der Waals surface area contributed by atoms with E-state index < -0.39 is 0 Å². The summed E-state index contributed by atoms with van der Waals surface area (Å²) in [6, 6.07) is 20.1. The fourth-order valence-electron chi connectivity index (χ4n) is 2.50. The molecule has 0 bridgehead atoms. The number of hydrogen-bond acceptors (Lipinski definition) is 4. The average Bonchev–Trinajstić information content (AvgIpc) is 3.20. The standard InChI is InChI=1S/C21H24N4OS/c1-22-21(23-13-8-14-26-18-11-6-3-7-12-18)24-15-20-25-19(16-27-20)17-9-4-2-5-10-17/h2-7,9-12,16H,8,13-15H2,1H3,(H2,22,23,24). The smallest absolute Gasteiger partial charge is 0.191 e. The van der Waals surface area contributed by atoms with Gasteiger partial charge in [-0.2, -0.15) is 0 Å². The van der Waals surface area contributed by atoms with Crippen LogP contribution in [0, 0.1) is 0 Å². The van der Waals surface area contributed by atoms with Crippen molar-refractivity contribution in [3.63, 3.8) is 0 Å². The third-order valence-electron chi connectivity index (χ3n) is 3.88. The zero-order chi connectivity index (χ0) is 18.7. The van der Waals surface area contributed by atoms with Gasteiger partial charge in [0.25, 0.3) is 0 Å². The number of para-hydroxylation sites is 1. The predicted octanol–water partition coefficient (Wildman–Crippen LogP) is 3.94. The minimum Gasteiger partial charge on any atom is -0.494 e. The number of benzene rings is 2. The number of rotatable bonds is 8. The summed E-state index contributed by atoms with van der Waals surface area (Å²) in [5.41, 5.74) is 2.15. The number of aliphatic imine (C=N–C) groups is 1. The van der Waals surface area contributed by atoms with Crippen molar-refractivity contribution in [2.75, 3.05) is 20.2 Å². The van der Waals surface area contributed by atoms with Crippen molar-refractivity contribution in [2.45, 2.75) is 13.0 Å². The van der Waals surface area contributed by atoms with Gasteiger partial charge in [-0.15, -0.1) is 11.3 Å². The molecule has 27 heavy (non-hydrogen) atoms. The van der Waals surface area contributed by atoms with Crippen LogP contribution in [-0.2, 0) is 6.54 Å². The molecular weight excluding hydrogens is 356 g/mol. The van der Waals surface area contributed by atoms with Crippen LogP contribution in [0.25, 0.3) is 11.3 Å². The largest absolute Gasteiger partial charge is 0.494 e. The summed E-state index contributed by atoms with van der Waals surface area (Å²) >= 11 is 1.65. The number of nitrogens with zero attached hydrogens (tertiary/aromatic N) is 2. The highest BCUT2D eigenvalue weighted by atomic mass is 32.1. The Morgan fingerprint density at radius 2 is 1.78 bits per heavy atom. The van der Waals surface area contributed by atoms with Crippen molar-refractivity contribution in [2.24, 2.45) is 4.99 Å². The maximum atomic E-state index is 5.69. The molecule has 1 aromatic heterocycles. The minimum absolute atomic E-state index is 0.650. The predicted molar refractivity (Wildman–Crippen MR) is 112 cm³/mol. The average molecular weight is 381 g/mol. The quantitative estimate of drug-likeness (QED) is 0.353. The molecule has 6 heteroatoms. The molecule has 0 spiro atoms. The van der Waals surface area contributed by atoms with E-state index in [9.17, 15) is 0 Å². The lowest BCUT2D eigenvalue weighted by atomic mass is 10.2. The molecule has 0 unspecified atom stereocenters. The summed E-state index contributed by atoms with van der Waals surface area (Å²) in [6.45, 7) is 2.11. The van der Waals surface area contributed by atoms with Gasteiger partial charge >= 0.3 is 0 Å². The maximum Gasteiger partial charge on any atom is 0.191 e. The number of aromatic nitrogens is 1. The molecule has 2 N–H and O–H groups in total. The normalized spacial score (nSPS) is 11.2. The van der Waals surface area contributed by atoms with Gasteiger partial charge in [0, 0.05) is 24.5 Å². The zero-order valence-corrected chi connectivity index (χ0v) is 16.2. The van der Waals surface area contributed by atoms with E-state index in [0.717, 1.165) is 40.9 Å². The van der Waals surface area contributed by atoms with Crippen LogP contribution in [0.4, 0.5) is 0 Å². The van der Waals surface area contributed by atoms with Gasteiger partial charge in [-0.1, -0.05) is 48.5 Å². The Bertz CT molecular complexity index is 834.